The summed E-state index contributed by atoms with van der Waals surface area (Å²) in [5, 5.41) is 4.14. The van der Waals surface area contributed by atoms with Gasteiger partial charge in [0.15, 0.2) is 0 Å². The predicted octanol–water partition coefficient (Wildman–Crippen LogP) is 2.73. The van der Waals surface area contributed by atoms with E-state index in [1.807, 2.05) is 35.1 Å². The van der Waals surface area contributed by atoms with E-state index in [9.17, 15) is 0 Å². The second-order valence-corrected chi connectivity index (χ2v) is 4.36. The van der Waals surface area contributed by atoms with E-state index in [1.165, 1.54) is 0 Å². The first-order valence-electron chi connectivity index (χ1n) is 5.23. The number of methoxy groups -OCH3 is 1. The van der Waals surface area contributed by atoms with Gasteiger partial charge < -0.3 is 9.47 Å². The first-order chi connectivity index (χ1) is 8.28. The average molecular weight is 297 g/mol. The zero-order chi connectivity index (χ0) is 12.1. The van der Waals surface area contributed by atoms with E-state index in [0.29, 0.717) is 6.61 Å². The van der Waals surface area contributed by atoms with E-state index in [-0.39, 0.29) is 0 Å². The van der Waals surface area contributed by atoms with Crippen LogP contribution in [0.4, 0.5) is 0 Å². The van der Waals surface area contributed by atoms with Crippen molar-refractivity contribution >= 4 is 15.9 Å². The predicted molar refractivity (Wildman–Crippen MR) is 68.4 cm³/mol. The largest absolute Gasteiger partial charge is 0.497 e. The minimum Gasteiger partial charge on any atom is -0.497 e. The van der Waals surface area contributed by atoms with Crippen LogP contribution in [0.2, 0.25) is 0 Å². The molecule has 0 bridgehead atoms. The molecule has 5 heteroatoms. The van der Waals surface area contributed by atoms with E-state index < -0.39 is 0 Å². The van der Waals surface area contributed by atoms with E-state index >= 15 is 0 Å². The van der Waals surface area contributed by atoms with Crippen molar-refractivity contribution in [2.75, 3.05) is 13.7 Å². The fourth-order valence-corrected chi connectivity index (χ4v) is 1.72. The number of hydrogen-bond donors (Lipinski definition) is 0. The van der Waals surface area contributed by atoms with Crippen molar-refractivity contribution in [3.8, 4) is 11.5 Å². The lowest BCUT2D eigenvalue weighted by Gasteiger charge is -2.06. The molecule has 0 aliphatic rings. The molecule has 0 fully saturated rings. The van der Waals surface area contributed by atoms with Crippen LogP contribution >= 0.6 is 15.9 Å². The van der Waals surface area contributed by atoms with Crippen molar-refractivity contribution in [3.05, 3.63) is 41.1 Å². The molecule has 0 saturated carbocycles. The van der Waals surface area contributed by atoms with Crippen LogP contribution in [0.15, 0.2) is 41.1 Å². The summed E-state index contributed by atoms with van der Waals surface area (Å²) >= 11 is 3.35. The van der Waals surface area contributed by atoms with Gasteiger partial charge >= 0.3 is 0 Å². The lowest BCUT2D eigenvalue weighted by molar-refractivity contribution is 0.290. The van der Waals surface area contributed by atoms with Gasteiger partial charge in [0.1, 0.15) is 18.1 Å². The number of rotatable bonds is 5. The summed E-state index contributed by atoms with van der Waals surface area (Å²) in [6.45, 7) is 1.30. The highest BCUT2D eigenvalue weighted by molar-refractivity contribution is 9.10. The Bertz CT molecular complexity index is 468. The van der Waals surface area contributed by atoms with Gasteiger partial charge in [0.2, 0.25) is 0 Å². The Hall–Kier alpha value is -1.49. The highest BCUT2D eigenvalue weighted by atomic mass is 79.9. The Kier molecular flexibility index (Phi) is 4.03. The molecule has 0 saturated heterocycles. The van der Waals surface area contributed by atoms with Gasteiger partial charge in [0.25, 0.3) is 0 Å². The highest BCUT2D eigenvalue weighted by Gasteiger charge is 1.97. The standard InChI is InChI=1S/C12H13BrN2O2/c1-16-11-2-4-12(5-3-11)17-7-6-15-9-10(13)8-14-15/h2-5,8-9H,6-7H2,1H3. The third kappa shape index (κ3) is 3.49. The maximum atomic E-state index is 5.59. The molecule has 2 aromatic rings. The SMILES string of the molecule is COc1ccc(OCCn2cc(Br)cn2)cc1. The lowest BCUT2D eigenvalue weighted by atomic mass is 10.3. The second kappa shape index (κ2) is 5.72. The van der Waals surface area contributed by atoms with Crippen LogP contribution in [-0.2, 0) is 6.54 Å². The smallest absolute Gasteiger partial charge is 0.119 e. The summed E-state index contributed by atoms with van der Waals surface area (Å²) in [5.41, 5.74) is 0. The molecule has 0 N–H and O–H groups in total. The molecule has 0 amide bonds. The van der Waals surface area contributed by atoms with Crippen molar-refractivity contribution in [2.45, 2.75) is 6.54 Å². The molecule has 0 spiro atoms. The molecule has 4 nitrogen and oxygen atoms in total. The first-order valence-corrected chi connectivity index (χ1v) is 6.02. The van der Waals surface area contributed by atoms with E-state index in [4.69, 9.17) is 9.47 Å². The Morgan fingerprint density at radius 3 is 2.53 bits per heavy atom. The minimum absolute atomic E-state index is 0.584. The quantitative estimate of drug-likeness (QED) is 0.851. The lowest BCUT2D eigenvalue weighted by Crippen LogP contribution is -2.08. The molecule has 0 aliphatic carbocycles. The summed E-state index contributed by atoms with van der Waals surface area (Å²) in [5.74, 6) is 1.66. The number of halogens is 1. The van der Waals surface area contributed by atoms with E-state index in [1.54, 1.807) is 13.3 Å². The molecule has 90 valence electrons. The molecule has 0 atom stereocenters. The summed E-state index contributed by atoms with van der Waals surface area (Å²) in [7, 11) is 1.64. The van der Waals surface area contributed by atoms with Gasteiger partial charge in [-0.2, -0.15) is 5.10 Å². The van der Waals surface area contributed by atoms with Crippen LogP contribution < -0.4 is 9.47 Å². The van der Waals surface area contributed by atoms with Gasteiger partial charge in [-0.05, 0) is 40.2 Å². The first kappa shape index (κ1) is 12.0. The van der Waals surface area contributed by atoms with Crippen molar-refractivity contribution in [1.29, 1.82) is 0 Å². The van der Waals surface area contributed by atoms with Gasteiger partial charge in [0, 0.05) is 6.20 Å². The third-order valence-corrected chi connectivity index (χ3v) is 2.66. The summed E-state index contributed by atoms with van der Waals surface area (Å²) in [6, 6.07) is 7.52. The van der Waals surface area contributed by atoms with Gasteiger partial charge in [-0.3, -0.25) is 4.68 Å². The number of benzene rings is 1. The highest BCUT2D eigenvalue weighted by Crippen LogP contribution is 2.16. The van der Waals surface area contributed by atoms with Crippen LogP contribution in [0.1, 0.15) is 0 Å². The van der Waals surface area contributed by atoms with Gasteiger partial charge in [0.05, 0.1) is 24.3 Å². The minimum atomic E-state index is 0.584. The Morgan fingerprint density at radius 1 is 1.24 bits per heavy atom. The summed E-state index contributed by atoms with van der Waals surface area (Å²) in [6.07, 6.45) is 3.67. The molecular formula is C12H13BrN2O2. The third-order valence-electron chi connectivity index (χ3n) is 2.25. The molecule has 0 radical (unpaired) electrons. The number of ether oxygens (including phenoxy) is 2. The fourth-order valence-electron chi connectivity index (χ4n) is 1.39. The Balaban J connectivity index is 1.81. The molecule has 1 aromatic carbocycles. The molecule has 1 aromatic heterocycles. The van der Waals surface area contributed by atoms with Crippen molar-refractivity contribution < 1.29 is 9.47 Å². The van der Waals surface area contributed by atoms with Crippen molar-refractivity contribution in [1.82, 2.24) is 9.78 Å². The van der Waals surface area contributed by atoms with Gasteiger partial charge in [-0.15, -0.1) is 0 Å². The summed E-state index contributed by atoms with van der Waals surface area (Å²) in [4.78, 5) is 0. The average Bonchev–Trinajstić information content (AvgIpc) is 2.76. The number of hydrogen-bond acceptors (Lipinski definition) is 3. The maximum absolute atomic E-state index is 5.59. The van der Waals surface area contributed by atoms with Crippen LogP contribution in [0.3, 0.4) is 0 Å². The van der Waals surface area contributed by atoms with E-state index in [2.05, 4.69) is 21.0 Å². The topological polar surface area (TPSA) is 36.3 Å². The zero-order valence-corrected chi connectivity index (χ0v) is 11.1. The van der Waals surface area contributed by atoms with Gasteiger partial charge in [-0.1, -0.05) is 0 Å². The van der Waals surface area contributed by atoms with Crippen LogP contribution in [0.5, 0.6) is 11.5 Å². The Labute approximate surface area is 108 Å². The van der Waals surface area contributed by atoms with Crippen LogP contribution in [0, 0.1) is 0 Å². The maximum Gasteiger partial charge on any atom is 0.119 e. The molecule has 2 rings (SSSR count). The second-order valence-electron chi connectivity index (χ2n) is 3.45. The van der Waals surface area contributed by atoms with Gasteiger partial charge in [-0.25, -0.2) is 0 Å². The molecule has 17 heavy (non-hydrogen) atoms. The van der Waals surface area contributed by atoms with Crippen molar-refractivity contribution in [2.24, 2.45) is 0 Å². The molecule has 0 unspecified atom stereocenters. The van der Waals surface area contributed by atoms with Crippen molar-refractivity contribution in [3.63, 3.8) is 0 Å². The van der Waals surface area contributed by atoms with E-state index in [0.717, 1.165) is 22.5 Å². The normalized spacial score (nSPS) is 10.2. The molecule has 0 aliphatic heterocycles. The number of aromatic nitrogens is 2. The van der Waals surface area contributed by atoms with Crippen LogP contribution in [-0.4, -0.2) is 23.5 Å². The number of nitrogens with zero attached hydrogens (tertiary/aromatic N) is 2. The summed E-state index contributed by atoms with van der Waals surface area (Å²) < 4.78 is 13.5. The monoisotopic (exact) mass is 296 g/mol. The fraction of sp³-hybridized carbons (Fsp3) is 0.250. The Morgan fingerprint density at radius 2 is 1.94 bits per heavy atom. The molecular weight excluding hydrogens is 284 g/mol. The zero-order valence-electron chi connectivity index (χ0n) is 9.47. The molecule has 1 heterocycles. The van der Waals surface area contributed by atoms with Crippen LogP contribution in [0.25, 0.3) is 0 Å².